The monoisotopic (exact) mass is 197 g/mol. The predicted octanol–water partition coefficient (Wildman–Crippen LogP) is 0.124. The average molecular weight is 197 g/mol. The van der Waals surface area contributed by atoms with Gasteiger partial charge in [-0.2, -0.15) is 0 Å². The van der Waals surface area contributed by atoms with Crippen molar-refractivity contribution in [2.75, 3.05) is 6.54 Å². The SMILES string of the molecule is CCNNC(Cc1cc[nH]c1)C(=O)O. The second kappa shape index (κ2) is 5.41. The second-order valence-electron chi connectivity index (χ2n) is 2.99. The number of carboxylic acid groups (broad SMARTS) is 1. The first-order valence-corrected chi connectivity index (χ1v) is 4.57. The Morgan fingerprint density at radius 3 is 3.00 bits per heavy atom. The number of aromatic nitrogens is 1. The molecule has 0 fully saturated rings. The van der Waals surface area contributed by atoms with Gasteiger partial charge in [-0.3, -0.25) is 10.2 Å². The zero-order chi connectivity index (χ0) is 10.4. The number of aromatic amines is 1. The van der Waals surface area contributed by atoms with Crippen LogP contribution in [0.5, 0.6) is 0 Å². The van der Waals surface area contributed by atoms with Crippen molar-refractivity contribution in [3.8, 4) is 0 Å². The van der Waals surface area contributed by atoms with Crippen molar-refractivity contribution in [3.63, 3.8) is 0 Å². The van der Waals surface area contributed by atoms with E-state index in [-0.39, 0.29) is 0 Å². The molecule has 0 saturated heterocycles. The lowest BCUT2D eigenvalue weighted by atomic mass is 10.1. The fourth-order valence-corrected chi connectivity index (χ4v) is 1.15. The highest BCUT2D eigenvalue weighted by atomic mass is 16.4. The number of hydrogen-bond donors (Lipinski definition) is 4. The molecule has 5 heteroatoms. The quantitative estimate of drug-likeness (QED) is 0.489. The van der Waals surface area contributed by atoms with Gasteiger partial charge in [-0.05, 0) is 11.6 Å². The van der Waals surface area contributed by atoms with Crippen LogP contribution in [0.1, 0.15) is 12.5 Å². The smallest absolute Gasteiger partial charge is 0.322 e. The van der Waals surface area contributed by atoms with Gasteiger partial charge in [0.15, 0.2) is 0 Å². The van der Waals surface area contributed by atoms with Crippen LogP contribution in [0.2, 0.25) is 0 Å². The maximum absolute atomic E-state index is 10.8. The summed E-state index contributed by atoms with van der Waals surface area (Å²) in [6.07, 6.45) is 4.04. The maximum atomic E-state index is 10.8. The molecule has 0 aliphatic heterocycles. The molecule has 4 N–H and O–H groups in total. The van der Waals surface area contributed by atoms with Crippen LogP contribution in [0.4, 0.5) is 0 Å². The summed E-state index contributed by atoms with van der Waals surface area (Å²) in [5.74, 6) is -0.854. The van der Waals surface area contributed by atoms with Crippen LogP contribution in [0, 0.1) is 0 Å². The van der Waals surface area contributed by atoms with Crippen LogP contribution in [0.25, 0.3) is 0 Å². The standard InChI is InChI=1S/C9H15N3O2/c1-2-11-12-8(9(13)14)5-7-3-4-10-6-7/h3-4,6,8,10-12H,2,5H2,1H3,(H,13,14). The molecule has 5 nitrogen and oxygen atoms in total. The van der Waals surface area contributed by atoms with Crippen molar-refractivity contribution in [2.24, 2.45) is 0 Å². The maximum Gasteiger partial charge on any atom is 0.322 e. The Bertz CT molecular complexity index is 272. The van der Waals surface area contributed by atoms with E-state index < -0.39 is 12.0 Å². The summed E-state index contributed by atoms with van der Waals surface area (Å²) in [5.41, 5.74) is 6.52. The lowest BCUT2D eigenvalue weighted by Gasteiger charge is -2.13. The Morgan fingerprint density at radius 2 is 2.50 bits per heavy atom. The van der Waals surface area contributed by atoms with E-state index in [4.69, 9.17) is 5.11 Å². The summed E-state index contributed by atoms with van der Waals surface area (Å²) >= 11 is 0. The molecule has 1 heterocycles. The van der Waals surface area contributed by atoms with Crippen molar-refractivity contribution < 1.29 is 9.90 Å². The Labute approximate surface area is 82.5 Å². The number of H-pyrrole nitrogens is 1. The fourth-order valence-electron chi connectivity index (χ4n) is 1.15. The van der Waals surface area contributed by atoms with Crippen LogP contribution < -0.4 is 10.9 Å². The van der Waals surface area contributed by atoms with Crippen molar-refractivity contribution in [1.82, 2.24) is 15.8 Å². The van der Waals surface area contributed by atoms with Crippen LogP contribution in [-0.4, -0.2) is 28.6 Å². The molecule has 1 rings (SSSR count). The number of aliphatic carboxylic acids is 1. The van der Waals surface area contributed by atoms with Gasteiger partial charge in [0.25, 0.3) is 0 Å². The van der Waals surface area contributed by atoms with Gasteiger partial charge < -0.3 is 10.1 Å². The lowest BCUT2D eigenvalue weighted by molar-refractivity contribution is -0.139. The van der Waals surface area contributed by atoms with E-state index in [1.165, 1.54) is 0 Å². The molecule has 1 atom stereocenters. The number of nitrogens with one attached hydrogen (secondary N) is 3. The first kappa shape index (κ1) is 10.7. The van der Waals surface area contributed by atoms with Crippen molar-refractivity contribution in [1.29, 1.82) is 0 Å². The highest BCUT2D eigenvalue weighted by Gasteiger charge is 2.16. The molecule has 0 bridgehead atoms. The lowest BCUT2D eigenvalue weighted by Crippen LogP contribution is -2.46. The normalized spacial score (nSPS) is 12.6. The minimum Gasteiger partial charge on any atom is -0.480 e. The fraction of sp³-hybridized carbons (Fsp3) is 0.444. The molecule has 0 aliphatic carbocycles. The van der Waals surface area contributed by atoms with Gasteiger partial charge in [0.05, 0.1) is 0 Å². The van der Waals surface area contributed by atoms with Crippen LogP contribution in [0.15, 0.2) is 18.5 Å². The highest BCUT2D eigenvalue weighted by molar-refractivity contribution is 5.73. The van der Waals surface area contributed by atoms with Gasteiger partial charge in [0.1, 0.15) is 6.04 Å². The van der Waals surface area contributed by atoms with Crippen molar-refractivity contribution >= 4 is 5.97 Å². The molecule has 14 heavy (non-hydrogen) atoms. The molecule has 0 aromatic carbocycles. The van der Waals surface area contributed by atoms with Gasteiger partial charge in [0.2, 0.25) is 0 Å². The molecular formula is C9H15N3O2. The second-order valence-corrected chi connectivity index (χ2v) is 2.99. The summed E-state index contributed by atoms with van der Waals surface area (Å²) in [5, 5.41) is 8.89. The Kier molecular flexibility index (Phi) is 4.15. The molecule has 0 saturated carbocycles. The summed E-state index contributed by atoms with van der Waals surface area (Å²) in [6, 6.07) is 1.27. The number of rotatable bonds is 6. The van der Waals surface area contributed by atoms with Crippen LogP contribution >= 0.6 is 0 Å². The predicted molar refractivity (Wildman–Crippen MR) is 52.7 cm³/mol. The van der Waals surface area contributed by atoms with E-state index in [0.717, 1.165) is 5.56 Å². The molecule has 0 radical (unpaired) electrons. The third-order valence-electron chi connectivity index (χ3n) is 1.85. The molecule has 78 valence electrons. The molecule has 1 aromatic rings. The van der Waals surface area contributed by atoms with Crippen LogP contribution in [-0.2, 0) is 11.2 Å². The largest absolute Gasteiger partial charge is 0.480 e. The Hall–Kier alpha value is -1.33. The van der Waals surface area contributed by atoms with E-state index in [2.05, 4.69) is 15.8 Å². The molecule has 0 spiro atoms. The number of hydrazine groups is 1. The van der Waals surface area contributed by atoms with Gasteiger partial charge in [-0.1, -0.05) is 6.92 Å². The first-order valence-electron chi connectivity index (χ1n) is 4.57. The Morgan fingerprint density at radius 1 is 1.71 bits per heavy atom. The van der Waals surface area contributed by atoms with Crippen molar-refractivity contribution in [3.05, 3.63) is 24.0 Å². The molecule has 0 aliphatic rings. The minimum absolute atomic E-state index is 0.464. The highest BCUT2D eigenvalue weighted by Crippen LogP contribution is 2.01. The minimum atomic E-state index is -0.854. The molecule has 1 aromatic heterocycles. The van der Waals surface area contributed by atoms with E-state index in [1.807, 2.05) is 13.0 Å². The molecule has 0 amide bonds. The molecule has 1 unspecified atom stereocenters. The van der Waals surface area contributed by atoms with Crippen LogP contribution in [0.3, 0.4) is 0 Å². The average Bonchev–Trinajstić information content (AvgIpc) is 2.64. The number of hydrogen-bond acceptors (Lipinski definition) is 3. The van der Waals surface area contributed by atoms with Gasteiger partial charge in [-0.25, -0.2) is 5.43 Å². The third kappa shape index (κ3) is 3.20. The summed E-state index contributed by atoms with van der Waals surface area (Å²) in [7, 11) is 0. The van der Waals surface area contributed by atoms with E-state index in [9.17, 15) is 4.79 Å². The first-order chi connectivity index (χ1) is 6.74. The Balaban J connectivity index is 2.47. The zero-order valence-corrected chi connectivity index (χ0v) is 8.08. The third-order valence-corrected chi connectivity index (χ3v) is 1.85. The topological polar surface area (TPSA) is 77.1 Å². The summed E-state index contributed by atoms with van der Waals surface area (Å²) < 4.78 is 0. The van der Waals surface area contributed by atoms with Gasteiger partial charge in [0, 0.05) is 25.4 Å². The number of carboxylic acids is 1. The number of carbonyl (C=O) groups is 1. The molecular weight excluding hydrogens is 182 g/mol. The summed E-state index contributed by atoms with van der Waals surface area (Å²) in [4.78, 5) is 13.7. The van der Waals surface area contributed by atoms with E-state index >= 15 is 0 Å². The van der Waals surface area contributed by atoms with Crippen molar-refractivity contribution in [2.45, 2.75) is 19.4 Å². The van der Waals surface area contributed by atoms with E-state index in [1.54, 1.807) is 12.4 Å². The summed E-state index contributed by atoms with van der Waals surface area (Å²) in [6.45, 7) is 2.60. The van der Waals surface area contributed by atoms with Gasteiger partial charge in [-0.15, -0.1) is 0 Å². The van der Waals surface area contributed by atoms with E-state index in [0.29, 0.717) is 13.0 Å². The zero-order valence-electron chi connectivity index (χ0n) is 8.08. The van der Waals surface area contributed by atoms with Gasteiger partial charge >= 0.3 is 5.97 Å².